The summed E-state index contributed by atoms with van der Waals surface area (Å²) in [5.74, 6) is 1.17. The molecule has 0 saturated carbocycles. The number of rotatable bonds is 12. The summed E-state index contributed by atoms with van der Waals surface area (Å²) in [4.78, 5) is 12.3. The molecular weight excluding hydrogens is 433 g/mol. The van der Waals surface area contributed by atoms with Crippen molar-refractivity contribution in [1.29, 1.82) is 0 Å². The molecular formula is C23H30NO7P. The van der Waals surface area contributed by atoms with Gasteiger partial charge in [0.1, 0.15) is 0 Å². The molecule has 1 N–H and O–H groups in total. The van der Waals surface area contributed by atoms with Crippen molar-refractivity contribution in [3.8, 4) is 17.2 Å². The summed E-state index contributed by atoms with van der Waals surface area (Å²) in [7, 11) is 1.41. The standard InChI is InChI=1S/C23H30NO7P/c1-6-30-32(26,31-7-2)16-17-8-11-19(12-9-17)24-22(25)13-10-18-14-20(27-3)23(29-5)21(15-18)28-4/h8-15H,6-7,16H2,1-5H3,(H,24,25). The number of methoxy groups -OCH3 is 3. The lowest BCUT2D eigenvalue weighted by molar-refractivity contribution is -0.111. The number of carbonyl (C=O) groups excluding carboxylic acids is 1. The van der Waals surface area contributed by atoms with Crippen LogP contribution in [0, 0.1) is 0 Å². The zero-order valence-electron chi connectivity index (χ0n) is 19.0. The summed E-state index contributed by atoms with van der Waals surface area (Å²) < 4.78 is 39.2. The van der Waals surface area contributed by atoms with Crippen LogP contribution in [0.4, 0.5) is 5.69 Å². The van der Waals surface area contributed by atoms with Crippen LogP contribution in [0.2, 0.25) is 0 Å². The summed E-state index contributed by atoms with van der Waals surface area (Å²) >= 11 is 0. The molecule has 0 aromatic heterocycles. The van der Waals surface area contributed by atoms with Gasteiger partial charge in [-0.15, -0.1) is 0 Å². The van der Waals surface area contributed by atoms with E-state index in [1.807, 2.05) is 0 Å². The van der Waals surface area contributed by atoms with Gasteiger partial charge in [0.25, 0.3) is 0 Å². The van der Waals surface area contributed by atoms with Gasteiger partial charge in [0.05, 0.1) is 40.7 Å². The average molecular weight is 463 g/mol. The van der Waals surface area contributed by atoms with Crippen molar-refractivity contribution in [2.24, 2.45) is 0 Å². The molecule has 0 saturated heterocycles. The van der Waals surface area contributed by atoms with Crippen molar-refractivity contribution >= 4 is 25.3 Å². The highest BCUT2D eigenvalue weighted by Gasteiger charge is 2.23. The van der Waals surface area contributed by atoms with Crippen molar-refractivity contribution in [2.45, 2.75) is 20.0 Å². The van der Waals surface area contributed by atoms with Crippen molar-refractivity contribution in [3.05, 3.63) is 53.6 Å². The Morgan fingerprint density at radius 3 is 1.97 bits per heavy atom. The van der Waals surface area contributed by atoms with E-state index in [4.69, 9.17) is 23.3 Å². The smallest absolute Gasteiger partial charge is 0.335 e. The maximum absolute atomic E-state index is 12.6. The number of amides is 1. The molecule has 0 aliphatic rings. The Hall–Kier alpha value is -2.80. The lowest BCUT2D eigenvalue weighted by Crippen LogP contribution is -2.07. The van der Waals surface area contributed by atoms with Crippen molar-refractivity contribution in [1.82, 2.24) is 0 Å². The molecule has 2 rings (SSSR count). The van der Waals surface area contributed by atoms with Crippen LogP contribution in [0.5, 0.6) is 17.2 Å². The summed E-state index contributed by atoms with van der Waals surface area (Å²) in [6.07, 6.45) is 3.23. The first-order valence-corrected chi connectivity index (χ1v) is 11.9. The second kappa shape index (κ2) is 12.3. The van der Waals surface area contributed by atoms with Gasteiger partial charge in [0.2, 0.25) is 11.7 Å². The summed E-state index contributed by atoms with van der Waals surface area (Å²) in [5, 5.41) is 2.79. The fraction of sp³-hybridized carbons (Fsp3) is 0.348. The van der Waals surface area contributed by atoms with Crippen molar-refractivity contribution < 1.29 is 32.6 Å². The number of benzene rings is 2. The molecule has 2 aromatic carbocycles. The van der Waals surface area contributed by atoms with Gasteiger partial charge in [-0.05, 0) is 55.3 Å². The van der Waals surface area contributed by atoms with Crippen LogP contribution in [0.1, 0.15) is 25.0 Å². The molecule has 2 aromatic rings. The maximum atomic E-state index is 12.6. The van der Waals surface area contributed by atoms with Crippen molar-refractivity contribution in [2.75, 3.05) is 39.9 Å². The minimum absolute atomic E-state index is 0.171. The SMILES string of the molecule is CCOP(=O)(Cc1ccc(NC(=O)C=Cc2cc(OC)c(OC)c(OC)c2)cc1)OCC. The topological polar surface area (TPSA) is 92.3 Å². The molecule has 0 spiro atoms. The second-order valence-corrected chi connectivity index (χ2v) is 8.64. The molecule has 1 amide bonds. The quantitative estimate of drug-likeness (QED) is 0.345. The summed E-state index contributed by atoms with van der Waals surface area (Å²) in [5.41, 5.74) is 2.12. The Balaban J connectivity index is 2.06. The predicted octanol–water partition coefficient (Wildman–Crippen LogP) is 5.13. The van der Waals surface area contributed by atoms with Gasteiger partial charge in [-0.3, -0.25) is 9.36 Å². The average Bonchev–Trinajstić information content (AvgIpc) is 2.78. The van der Waals surface area contributed by atoms with Crippen LogP contribution >= 0.6 is 7.60 Å². The number of hydrogen-bond donors (Lipinski definition) is 1. The van der Waals surface area contributed by atoms with Gasteiger partial charge >= 0.3 is 7.60 Å². The van der Waals surface area contributed by atoms with Gasteiger partial charge in [0, 0.05) is 11.8 Å². The van der Waals surface area contributed by atoms with E-state index in [2.05, 4.69) is 5.32 Å². The Kier molecular flexibility index (Phi) is 9.78. The first-order chi connectivity index (χ1) is 15.4. The highest BCUT2D eigenvalue weighted by molar-refractivity contribution is 7.53. The number of carbonyl (C=O) groups is 1. The third kappa shape index (κ3) is 7.12. The normalized spacial score (nSPS) is 11.4. The molecule has 8 nitrogen and oxygen atoms in total. The lowest BCUT2D eigenvalue weighted by Gasteiger charge is -2.17. The Labute approximate surface area is 189 Å². The highest BCUT2D eigenvalue weighted by Crippen LogP contribution is 2.51. The first-order valence-electron chi connectivity index (χ1n) is 10.1. The first kappa shape index (κ1) is 25.5. The van der Waals surface area contributed by atoms with Crippen LogP contribution < -0.4 is 19.5 Å². The fourth-order valence-corrected chi connectivity index (χ4v) is 4.69. The van der Waals surface area contributed by atoms with Gasteiger partial charge in [0.15, 0.2) is 11.5 Å². The Morgan fingerprint density at radius 1 is 0.938 bits per heavy atom. The van der Waals surface area contributed by atoms with Crippen LogP contribution in [0.25, 0.3) is 6.08 Å². The lowest BCUT2D eigenvalue weighted by atomic mass is 10.1. The number of ether oxygens (including phenoxy) is 3. The minimum Gasteiger partial charge on any atom is -0.493 e. The fourth-order valence-electron chi connectivity index (χ4n) is 2.99. The maximum Gasteiger partial charge on any atom is 0.335 e. The van der Waals surface area contributed by atoms with E-state index < -0.39 is 7.60 Å². The molecule has 9 heteroatoms. The number of anilines is 1. The third-order valence-corrected chi connectivity index (χ3v) is 6.42. The molecule has 32 heavy (non-hydrogen) atoms. The van der Waals surface area contributed by atoms with E-state index in [-0.39, 0.29) is 12.1 Å². The van der Waals surface area contributed by atoms with Crippen LogP contribution in [-0.2, 0) is 24.6 Å². The summed E-state index contributed by atoms with van der Waals surface area (Å²) in [6, 6.07) is 10.5. The highest BCUT2D eigenvalue weighted by atomic mass is 31.2. The van der Waals surface area contributed by atoms with E-state index >= 15 is 0 Å². The van der Waals surface area contributed by atoms with E-state index in [0.29, 0.717) is 41.7 Å². The Bertz CT molecular complexity index is 938. The molecule has 0 bridgehead atoms. The van der Waals surface area contributed by atoms with E-state index in [0.717, 1.165) is 5.56 Å². The number of nitrogens with one attached hydrogen (secondary N) is 1. The zero-order chi connectivity index (χ0) is 23.6. The van der Waals surface area contributed by atoms with Gasteiger partial charge in [-0.2, -0.15) is 0 Å². The zero-order valence-corrected chi connectivity index (χ0v) is 19.9. The largest absolute Gasteiger partial charge is 0.493 e. The van der Waals surface area contributed by atoms with Gasteiger partial charge < -0.3 is 28.6 Å². The summed E-state index contributed by atoms with van der Waals surface area (Å²) in [6.45, 7) is 4.17. The molecule has 0 unspecified atom stereocenters. The number of hydrogen-bond acceptors (Lipinski definition) is 7. The molecule has 0 radical (unpaired) electrons. The second-order valence-electron chi connectivity index (χ2n) is 6.58. The minimum atomic E-state index is -3.18. The van der Waals surface area contributed by atoms with E-state index in [1.165, 1.54) is 27.4 Å². The van der Waals surface area contributed by atoms with Gasteiger partial charge in [-0.1, -0.05) is 12.1 Å². The monoisotopic (exact) mass is 463 g/mol. The van der Waals surface area contributed by atoms with E-state index in [1.54, 1.807) is 56.3 Å². The molecule has 0 fully saturated rings. The molecule has 174 valence electrons. The van der Waals surface area contributed by atoms with E-state index in [9.17, 15) is 9.36 Å². The predicted molar refractivity (Wildman–Crippen MR) is 125 cm³/mol. The van der Waals surface area contributed by atoms with Gasteiger partial charge in [-0.25, -0.2) is 0 Å². The molecule has 0 aliphatic carbocycles. The van der Waals surface area contributed by atoms with Crippen LogP contribution in [0.15, 0.2) is 42.5 Å². The van der Waals surface area contributed by atoms with Crippen LogP contribution in [-0.4, -0.2) is 40.5 Å². The van der Waals surface area contributed by atoms with Crippen LogP contribution in [0.3, 0.4) is 0 Å². The molecule has 0 aliphatic heterocycles. The third-order valence-electron chi connectivity index (χ3n) is 4.36. The molecule has 0 atom stereocenters. The van der Waals surface area contributed by atoms with Crippen molar-refractivity contribution in [3.63, 3.8) is 0 Å². The Morgan fingerprint density at radius 2 is 1.50 bits per heavy atom. The molecule has 0 heterocycles.